The van der Waals surface area contributed by atoms with Crippen LogP contribution in [0, 0.1) is 5.92 Å². The van der Waals surface area contributed by atoms with E-state index in [9.17, 15) is 9.90 Å². The molecule has 1 amide bonds. The maximum atomic E-state index is 11.8. The number of nitrogens with two attached hydrogens (primary N) is 1. The Morgan fingerprint density at radius 3 is 2.69 bits per heavy atom. The number of amides is 1. The van der Waals surface area contributed by atoms with Crippen molar-refractivity contribution in [3.63, 3.8) is 0 Å². The Morgan fingerprint density at radius 2 is 2.00 bits per heavy atom. The number of primary amides is 1. The minimum absolute atomic E-state index is 0.114. The molecular formula is C24H33N3O2. The van der Waals surface area contributed by atoms with E-state index >= 15 is 0 Å². The molecule has 2 aromatic rings. The van der Waals surface area contributed by atoms with E-state index in [1.807, 2.05) is 42.5 Å². The summed E-state index contributed by atoms with van der Waals surface area (Å²) >= 11 is 0. The minimum Gasteiger partial charge on any atom is -0.388 e. The quantitative estimate of drug-likeness (QED) is 0.642. The van der Waals surface area contributed by atoms with Crippen molar-refractivity contribution in [2.75, 3.05) is 33.7 Å². The lowest BCUT2D eigenvalue weighted by molar-refractivity contribution is 0.0996. The molecule has 0 saturated carbocycles. The van der Waals surface area contributed by atoms with Gasteiger partial charge in [0.25, 0.3) is 0 Å². The Bertz CT molecular complexity index is 809. The number of benzene rings is 2. The summed E-state index contributed by atoms with van der Waals surface area (Å²) in [4.78, 5) is 14.0. The molecule has 2 unspecified atom stereocenters. The minimum atomic E-state index is -0.498. The zero-order valence-corrected chi connectivity index (χ0v) is 17.5. The summed E-state index contributed by atoms with van der Waals surface area (Å²) in [6.45, 7) is 2.78. The van der Waals surface area contributed by atoms with Crippen LogP contribution in [0.2, 0.25) is 0 Å². The van der Waals surface area contributed by atoms with Gasteiger partial charge in [0.1, 0.15) is 0 Å². The predicted molar refractivity (Wildman–Crippen MR) is 117 cm³/mol. The number of aliphatic hydroxyl groups excluding tert-OH is 1. The topological polar surface area (TPSA) is 78.6 Å². The molecule has 156 valence electrons. The second-order valence-electron chi connectivity index (χ2n) is 8.48. The molecule has 1 heterocycles. The van der Waals surface area contributed by atoms with Crippen LogP contribution < -0.4 is 11.1 Å². The average Bonchev–Trinajstić information content (AvgIpc) is 2.73. The van der Waals surface area contributed by atoms with Gasteiger partial charge in [0, 0.05) is 24.1 Å². The fraction of sp³-hybridized carbons (Fsp3) is 0.458. The maximum absolute atomic E-state index is 11.8. The van der Waals surface area contributed by atoms with Gasteiger partial charge in [-0.2, -0.15) is 0 Å². The van der Waals surface area contributed by atoms with E-state index in [0.717, 1.165) is 43.6 Å². The number of carbonyl (C=O) groups excluding carboxylic acids is 1. The second-order valence-corrected chi connectivity index (χ2v) is 8.48. The number of aliphatic hydroxyl groups is 1. The number of hydrogen-bond acceptors (Lipinski definition) is 4. The summed E-state index contributed by atoms with van der Waals surface area (Å²) < 4.78 is 0. The molecular weight excluding hydrogens is 362 g/mol. The van der Waals surface area contributed by atoms with Gasteiger partial charge in [-0.05, 0) is 69.1 Å². The number of piperidine rings is 1. The Hall–Kier alpha value is -2.21. The molecule has 1 saturated heterocycles. The monoisotopic (exact) mass is 395 g/mol. The number of carbonyl (C=O) groups is 1. The molecule has 0 aliphatic carbocycles. The zero-order chi connectivity index (χ0) is 20.9. The van der Waals surface area contributed by atoms with Gasteiger partial charge in [-0.15, -0.1) is 0 Å². The highest BCUT2D eigenvalue weighted by molar-refractivity contribution is 5.93. The fourth-order valence-electron chi connectivity index (χ4n) is 4.74. The Kier molecular flexibility index (Phi) is 7.06. The first kappa shape index (κ1) is 21.5. The van der Waals surface area contributed by atoms with Crippen molar-refractivity contribution in [2.45, 2.75) is 30.8 Å². The van der Waals surface area contributed by atoms with E-state index in [0.29, 0.717) is 17.9 Å². The lowest BCUT2D eigenvalue weighted by Crippen LogP contribution is -2.51. The first-order valence-electron chi connectivity index (χ1n) is 10.4. The largest absolute Gasteiger partial charge is 0.388 e. The molecule has 0 radical (unpaired) electrons. The smallest absolute Gasteiger partial charge is 0.248 e. The van der Waals surface area contributed by atoms with Crippen LogP contribution in [0.4, 0.5) is 0 Å². The van der Waals surface area contributed by atoms with Crippen LogP contribution in [0.5, 0.6) is 0 Å². The van der Waals surface area contributed by atoms with Gasteiger partial charge in [0.2, 0.25) is 5.91 Å². The van der Waals surface area contributed by atoms with Crippen LogP contribution in [-0.4, -0.2) is 49.6 Å². The van der Waals surface area contributed by atoms with Crippen LogP contribution >= 0.6 is 0 Å². The summed E-state index contributed by atoms with van der Waals surface area (Å²) in [5.41, 5.74) is 8.11. The lowest BCUT2D eigenvalue weighted by Gasteiger charge is -2.47. The Balaban J connectivity index is 1.94. The summed E-state index contributed by atoms with van der Waals surface area (Å²) in [6.07, 6.45) is 2.00. The molecule has 2 aromatic carbocycles. The van der Waals surface area contributed by atoms with Crippen molar-refractivity contribution in [3.05, 3.63) is 71.3 Å². The second kappa shape index (κ2) is 9.53. The summed E-state index contributed by atoms with van der Waals surface area (Å²) in [5.74, 6) is -0.0261. The fourth-order valence-corrected chi connectivity index (χ4v) is 4.74. The molecule has 1 aliphatic heterocycles. The van der Waals surface area contributed by atoms with Crippen molar-refractivity contribution >= 4 is 5.91 Å². The highest BCUT2D eigenvalue weighted by Gasteiger charge is 2.42. The van der Waals surface area contributed by atoms with E-state index in [4.69, 9.17) is 5.73 Å². The molecule has 3 rings (SSSR count). The average molecular weight is 396 g/mol. The SMILES string of the molecule is CN(C)CC1CNCCC1(CC[C@H](O)c1ccccc1)c1cccc(C(N)=O)c1. The van der Waals surface area contributed by atoms with E-state index in [1.54, 1.807) is 6.07 Å². The van der Waals surface area contributed by atoms with Crippen LogP contribution in [0.1, 0.15) is 46.9 Å². The highest BCUT2D eigenvalue weighted by Crippen LogP contribution is 2.44. The molecule has 1 fully saturated rings. The van der Waals surface area contributed by atoms with Crippen molar-refractivity contribution < 1.29 is 9.90 Å². The molecule has 3 atom stereocenters. The molecule has 29 heavy (non-hydrogen) atoms. The van der Waals surface area contributed by atoms with Gasteiger partial charge >= 0.3 is 0 Å². The summed E-state index contributed by atoms with van der Waals surface area (Å²) in [7, 11) is 4.19. The Labute approximate surface area is 173 Å². The van der Waals surface area contributed by atoms with Gasteiger partial charge in [0.15, 0.2) is 0 Å². The predicted octanol–water partition coefficient (Wildman–Crippen LogP) is 2.71. The van der Waals surface area contributed by atoms with Gasteiger partial charge in [-0.3, -0.25) is 4.79 Å². The zero-order valence-electron chi connectivity index (χ0n) is 17.5. The molecule has 4 N–H and O–H groups in total. The molecule has 0 aromatic heterocycles. The highest BCUT2D eigenvalue weighted by atomic mass is 16.3. The number of hydrogen-bond donors (Lipinski definition) is 3. The van der Waals surface area contributed by atoms with E-state index < -0.39 is 12.0 Å². The number of nitrogens with zero attached hydrogens (tertiary/aromatic N) is 1. The first-order chi connectivity index (χ1) is 13.9. The van der Waals surface area contributed by atoms with Gasteiger partial charge in [-0.25, -0.2) is 0 Å². The first-order valence-corrected chi connectivity index (χ1v) is 10.4. The van der Waals surface area contributed by atoms with Gasteiger partial charge in [0.05, 0.1) is 6.10 Å². The number of rotatable bonds is 8. The van der Waals surface area contributed by atoms with Crippen LogP contribution in [0.3, 0.4) is 0 Å². The molecule has 5 nitrogen and oxygen atoms in total. The summed E-state index contributed by atoms with van der Waals surface area (Å²) in [6, 6.07) is 17.6. The third-order valence-electron chi connectivity index (χ3n) is 6.28. The molecule has 0 bridgehead atoms. The van der Waals surface area contributed by atoms with Crippen molar-refractivity contribution in [1.82, 2.24) is 10.2 Å². The Morgan fingerprint density at radius 1 is 1.24 bits per heavy atom. The van der Waals surface area contributed by atoms with Crippen molar-refractivity contribution in [2.24, 2.45) is 11.7 Å². The lowest BCUT2D eigenvalue weighted by atomic mass is 9.63. The van der Waals surface area contributed by atoms with Crippen molar-refractivity contribution in [1.29, 1.82) is 0 Å². The molecule has 1 aliphatic rings. The van der Waals surface area contributed by atoms with E-state index in [-0.39, 0.29) is 5.41 Å². The van der Waals surface area contributed by atoms with Crippen LogP contribution in [0.15, 0.2) is 54.6 Å². The van der Waals surface area contributed by atoms with Crippen molar-refractivity contribution in [3.8, 4) is 0 Å². The molecule has 5 heteroatoms. The maximum Gasteiger partial charge on any atom is 0.248 e. The van der Waals surface area contributed by atoms with Crippen LogP contribution in [0.25, 0.3) is 0 Å². The van der Waals surface area contributed by atoms with Crippen LogP contribution in [-0.2, 0) is 5.41 Å². The normalized spacial score (nSPS) is 23.1. The third-order valence-corrected chi connectivity index (χ3v) is 6.28. The third kappa shape index (κ3) is 5.04. The number of nitrogens with one attached hydrogen (secondary N) is 1. The molecule has 0 spiro atoms. The van der Waals surface area contributed by atoms with Gasteiger partial charge < -0.3 is 21.1 Å². The standard InChI is InChI=1S/C24H33N3O2/c1-27(2)17-21-16-26-14-13-24(21,20-10-6-9-19(15-20)23(25)29)12-11-22(28)18-7-4-3-5-8-18/h3-10,15,21-22,26,28H,11-14,16-17H2,1-2H3,(H2,25,29)/t21?,22-,24?/m0/s1. The van der Waals surface area contributed by atoms with Gasteiger partial charge in [-0.1, -0.05) is 42.5 Å². The van der Waals surface area contributed by atoms with E-state index in [2.05, 4.69) is 30.4 Å². The summed E-state index contributed by atoms with van der Waals surface area (Å²) in [5, 5.41) is 14.4. The van der Waals surface area contributed by atoms with E-state index in [1.165, 1.54) is 0 Å².